The van der Waals surface area contributed by atoms with Crippen molar-refractivity contribution in [2.24, 2.45) is 5.73 Å². The maximum Gasteiger partial charge on any atom is 0.241 e. The molecule has 0 radical (unpaired) electrons. The lowest BCUT2D eigenvalue weighted by Crippen LogP contribution is -2.05. The van der Waals surface area contributed by atoms with E-state index in [-0.39, 0.29) is 5.78 Å². The lowest BCUT2D eigenvalue weighted by Gasteiger charge is -2.03. The van der Waals surface area contributed by atoms with Crippen LogP contribution in [0.15, 0.2) is 54.3 Å². The van der Waals surface area contributed by atoms with Crippen molar-refractivity contribution < 1.29 is 9.59 Å². The SMILES string of the molecule is NC(=O)C=Cc1c[nH]c2ncc(-c3ccc(C(=O)c4nccs4)cc3)nc12. The molecule has 1 aromatic carbocycles. The van der Waals surface area contributed by atoms with E-state index in [4.69, 9.17) is 5.73 Å². The molecule has 0 fully saturated rings. The quantitative estimate of drug-likeness (QED) is 0.411. The predicted octanol–water partition coefficient (Wildman–Crippen LogP) is 2.81. The lowest BCUT2D eigenvalue weighted by molar-refractivity contribution is -0.113. The van der Waals surface area contributed by atoms with Gasteiger partial charge in [-0.05, 0) is 6.08 Å². The molecule has 0 saturated heterocycles. The Morgan fingerprint density at radius 3 is 2.67 bits per heavy atom. The van der Waals surface area contributed by atoms with Crippen LogP contribution in [0.4, 0.5) is 0 Å². The molecule has 3 heterocycles. The fraction of sp³-hybridized carbons (Fsp3) is 0. The molecular weight excluding hydrogens is 362 g/mol. The van der Waals surface area contributed by atoms with Crippen LogP contribution in [0.2, 0.25) is 0 Å². The van der Waals surface area contributed by atoms with Gasteiger partial charge < -0.3 is 10.7 Å². The van der Waals surface area contributed by atoms with Crippen LogP contribution in [-0.4, -0.2) is 31.6 Å². The monoisotopic (exact) mass is 375 g/mol. The van der Waals surface area contributed by atoms with E-state index >= 15 is 0 Å². The number of carbonyl (C=O) groups excluding carboxylic acids is 2. The van der Waals surface area contributed by atoms with Crippen molar-refractivity contribution in [2.45, 2.75) is 0 Å². The van der Waals surface area contributed by atoms with Crippen LogP contribution in [0.3, 0.4) is 0 Å². The number of aromatic amines is 1. The third kappa shape index (κ3) is 3.38. The summed E-state index contributed by atoms with van der Waals surface area (Å²) in [6, 6.07) is 7.14. The Morgan fingerprint density at radius 2 is 1.96 bits per heavy atom. The number of ketones is 1. The van der Waals surface area contributed by atoms with Crippen molar-refractivity contribution in [1.82, 2.24) is 19.9 Å². The summed E-state index contributed by atoms with van der Waals surface area (Å²) in [6.07, 6.45) is 7.84. The molecule has 0 aliphatic heterocycles. The summed E-state index contributed by atoms with van der Waals surface area (Å²) in [6.45, 7) is 0. The average molecular weight is 375 g/mol. The molecule has 132 valence electrons. The highest BCUT2D eigenvalue weighted by Gasteiger charge is 2.12. The van der Waals surface area contributed by atoms with E-state index in [1.807, 2.05) is 12.1 Å². The predicted molar refractivity (Wildman–Crippen MR) is 103 cm³/mol. The first kappa shape index (κ1) is 16.8. The fourth-order valence-corrected chi connectivity index (χ4v) is 3.20. The minimum absolute atomic E-state index is 0.109. The van der Waals surface area contributed by atoms with E-state index in [0.29, 0.717) is 33.0 Å². The van der Waals surface area contributed by atoms with Crippen LogP contribution in [0.5, 0.6) is 0 Å². The van der Waals surface area contributed by atoms with Gasteiger partial charge in [0.05, 0.1) is 11.9 Å². The molecule has 8 heteroatoms. The summed E-state index contributed by atoms with van der Waals surface area (Å²) in [4.78, 5) is 39.3. The van der Waals surface area contributed by atoms with Gasteiger partial charge in [0.2, 0.25) is 11.7 Å². The maximum absolute atomic E-state index is 12.3. The number of nitrogens with zero attached hydrogens (tertiary/aromatic N) is 3. The van der Waals surface area contributed by atoms with Gasteiger partial charge in [0.25, 0.3) is 0 Å². The summed E-state index contributed by atoms with van der Waals surface area (Å²) >= 11 is 1.31. The zero-order chi connectivity index (χ0) is 18.8. The fourth-order valence-electron chi connectivity index (χ4n) is 2.60. The second-order valence-corrected chi connectivity index (χ2v) is 6.57. The first-order valence-electron chi connectivity index (χ1n) is 7.98. The second kappa shape index (κ2) is 6.93. The highest BCUT2D eigenvalue weighted by molar-refractivity contribution is 7.11. The molecule has 0 atom stereocenters. The third-order valence-corrected chi connectivity index (χ3v) is 4.68. The number of hydrogen-bond acceptors (Lipinski definition) is 6. The molecule has 0 unspecified atom stereocenters. The van der Waals surface area contributed by atoms with Crippen LogP contribution in [0.25, 0.3) is 28.5 Å². The highest BCUT2D eigenvalue weighted by atomic mass is 32.1. The van der Waals surface area contributed by atoms with Crippen LogP contribution in [-0.2, 0) is 4.79 Å². The van der Waals surface area contributed by atoms with Crippen LogP contribution in [0, 0.1) is 0 Å². The van der Waals surface area contributed by atoms with Gasteiger partial charge in [-0.15, -0.1) is 11.3 Å². The zero-order valence-corrected chi connectivity index (χ0v) is 14.7. The van der Waals surface area contributed by atoms with Gasteiger partial charge in [-0.1, -0.05) is 24.3 Å². The van der Waals surface area contributed by atoms with E-state index in [2.05, 4.69) is 19.9 Å². The van der Waals surface area contributed by atoms with Gasteiger partial charge in [0.1, 0.15) is 5.52 Å². The standard InChI is InChI=1S/C19H13N5O2S/c20-15(25)6-5-13-9-22-18-16(13)24-14(10-23-18)11-1-3-12(4-2-11)17(26)19-21-7-8-27-19/h1-10H,(H2,20,25)(H,22,23). The van der Waals surface area contributed by atoms with E-state index in [9.17, 15) is 9.59 Å². The summed E-state index contributed by atoms with van der Waals surface area (Å²) < 4.78 is 0. The molecular formula is C19H13N5O2S. The first-order chi connectivity index (χ1) is 13.1. The molecule has 3 aromatic heterocycles. The van der Waals surface area contributed by atoms with Crippen molar-refractivity contribution in [3.63, 3.8) is 0 Å². The number of H-pyrrole nitrogens is 1. The van der Waals surface area contributed by atoms with Gasteiger partial charge in [0, 0.05) is 40.5 Å². The number of benzene rings is 1. The normalized spacial score (nSPS) is 11.3. The summed E-state index contributed by atoms with van der Waals surface area (Å²) in [5.74, 6) is -0.642. The van der Waals surface area contributed by atoms with E-state index < -0.39 is 5.91 Å². The Balaban J connectivity index is 1.67. The van der Waals surface area contributed by atoms with Gasteiger partial charge in [-0.25, -0.2) is 15.0 Å². The van der Waals surface area contributed by atoms with Crippen LogP contribution < -0.4 is 5.73 Å². The molecule has 4 rings (SSSR count). The molecule has 0 aliphatic rings. The topological polar surface area (TPSA) is 115 Å². The third-order valence-electron chi connectivity index (χ3n) is 3.91. The van der Waals surface area contributed by atoms with Crippen molar-refractivity contribution >= 4 is 40.3 Å². The molecule has 0 saturated carbocycles. The van der Waals surface area contributed by atoms with E-state index in [1.165, 1.54) is 17.4 Å². The summed E-state index contributed by atoms with van der Waals surface area (Å²) in [5.41, 5.74) is 9.15. The smallest absolute Gasteiger partial charge is 0.241 e. The molecule has 3 N–H and O–H groups in total. The number of rotatable bonds is 5. The van der Waals surface area contributed by atoms with E-state index in [0.717, 1.165) is 5.56 Å². The van der Waals surface area contributed by atoms with Gasteiger partial charge in [-0.2, -0.15) is 0 Å². The van der Waals surface area contributed by atoms with Crippen molar-refractivity contribution in [2.75, 3.05) is 0 Å². The lowest BCUT2D eigenvalue weighted by atomic mass is 10.1. The number of hydrogen-bond donors (Lipinski definition) is 2. The molecule has 0 bridgehead atoms. The minimum Gasteiger partial charge on any atom is -0.366 e. The van der Waals surface area contributed by atoms with Crippen LogP contribution in [0.1, 0.15) is 20.9 Å². The van der Waals surface area contributed by atoms with Gasteiger partial charge in [0.15, 0.2) is 10.7 Å². The highest BCUT2D eigenvalue weighted by Crippen LogP contribution is 2.23. The summed E-state index contributed by atoms with van der Waals surface area (Å²) in [7, 11) is 0. The summed E-state index contributed by atoms with van der Waals surface area (Å²) in [5, 5.41) is 2.23. The molecule has 0 spiro atoms. The molecule has 4 aromatic rings. The Morgan fingerprint density at radius 1 is 1.15 bits per heavy atom. The number of carbonyl (C=O) groups is 2. The van der Waals surface area contributed by atoms with Gasteiger partial charge in [-0.3, -0.25) is 9.59 Å². The van der Waals surface area contributed by atoms with Crippen LogP contribution >= 0.6 is 11.3 Å². The number of primary amides is 1. The minimum atomic E-state index is -0.533. The first-order valence-corrected chi connectivity index (χ1v) is 8.86. The Bertz CT molecular complexity index is 1160. The number of nitrogens with two attached hydrogens (primary N) is 1. The molecule has 1 amide bonds. The Labute approximate surface area is 157 Å². The number of thiazole rings is 1. The van der Waals surface area contributed by atoms with E-state index in [1.54, 1.807) is 42.2 Å². The molecule has 0 aliphatic carbocycles. The molecule has 27 heavy (non-hydrogen) atoms. The Hall–Kier alpha value is -3.65. The van der Waals surface area contributed by atoms with Crippen molar-refractivity contribution in [3.8, 4) is 11.3 Å². The second-order valence-electron chi connectivity index (χ2n) is 5.68. The maximum atomic E-state index is 12.3. The zero-order valence-electron chi connectivity index (χ0n) is 13.9. The number of nitrogens with one attached hydrogen (secondary N) is 1. The largest absolute Gasteiger partial charge is 0.366 e. The molecule has 7 nitrogen and oxygen atoms in total. The van der Waals surface area contributed by atoms with Crippen molar-refractivity contribution in [1.29, 1.82) is 0 Å². The van der Waals surface area contributed by atoms with Gasteiger partial charge >= 0.3 is 0 Å². The number of amides is 1. The average Bonchev–Trinajstić information content (AvgIpc) is 3.35. The Kier molecular flexibility index (Phi) is 4.31. The van der Waals surface area contributed by atoms with Crippen molar-refractivity contribution in [3.05, 3.63) is 70.4 Å². The number of fused-ring (bicyclic) bond motifs is 1. The number of aromatic nitrogens is 4.